The van der Waals surface area contributed by atoms with Gasteiger partial charge >= 0.3 is 0 Å². The molecule has 0 heterocycles. The number of carbonyl (C=O) groups is 1. The minimum atomic E-state index is -0.150. The first kappa shape index (κ1) is 13.9. The average Bonchev–Trinajstić information content (AvgIpc) is 2.52. The fourth-order valence-corrected chi connectivity index (χ4v) is 1.91. The first-order valence-electron chi connectivity index (χ1n) is 6.42. The molecule has 4 heteroatoms. The van der Waals surface area contributed by atoms with Gasteiger partial charge in [-0.15, -0.1) is 0 Å². The smallest absolute Gasteiger partial charge is 0.255 e. The van der Waals surface area contributed by atoms with E-state index in [4.69, 9.17) is 4.74 Å². The normalized spacial score (nSPS) is 9.90. The van der Waals surface area contributed by atoms with Gasteiger partial charge in [0.1, 0.15) is 5.75 Å². The Labute approximate surface area is 118 Å². The van der Waals surface area contributed by atoms with E-state index in [0.29, 0.717) is 17.9 Å². The van der Waals surface area contributed by atoms with Crippen molar-refractivity contribution in [2.75, 3.05) is 19.5 Å². The Morgan fingerprint density at radius 1 is 1.15 bits per heavy atom. The van der Waals surface area contributed by atoms with Crippen molar-refractivity contribution in [3.05, 3.63) is 59.7 Å². The van der Waals surface area contributed by atoms with Crippen LogP contribution in [-0.2, 0) is 6.54 Å². The van der Waals surface area contributed by atoms with Crippen molar-refractivity contribution in [1.82, 2.24) is 5.32 Å². The highest BCUT2D eigenvalue weighted by Crippen LogP contribution is 2.22. The molecule has 2 N–H and O–H groups in total. The molecule has 104 valence electrons. The molecule has 0 bridgehead atoms. The molecular formula is C16H18N2O2. The van der Waals surface area contributed by atoms with Gasteiger partial charge in [-0.25, -0.2) is 0 Å². The Hall–Kier alpha value is -2.49. The fraction of sp³-hybridized carbons (Fsp3) is 0.188. The predicted octanol–water partition coefficient (Wildman–Crippen LogP) is 2.67. The van der Waals surface area contributed by atoms with E-state index >= 15 is 0 Å². The van der Waals surface area contributed by atoms with Crippen LogP contribution in [0.4, 0.5) is 5.69 Å². The van der Waals surface area contributed by atoms with E-state index < -0.39 is 0 Å². The number of anilines is 1. The average molecular weight is 270 g/mol. The summed E-state index contributed by atoms with van der Waals surface area (Å²) in [6.07, 6.45) is 0. The molecular weight excluding hydrogens is 252 g/mol. The molecule has 0 aliphatic heterocycles. The summed E-state index contributed by atoms with van der Waals surface area (Å²) < 4.78 is 5.23. The molecule has 4 nitrogen and oxygen atoms in total. The molecule has 1 amide bonds. The van der Waals surface area contributed by atoms with Gasteiger partial charge in [-0.1, -0.05) is 30.3 Å². The van der Waals surface area contributed by atoms with Gasteiger partial charge in [-0.05, 0) is 23.8 Å². The lowest BCUT2D eigenvalue weighted by Gasteiger charge is -2.11. The highest BCUT2D eigenvalue weighted by atomic mass is 16.5. The number of nitrogens with one attached hydrogen (secondary N) is 2. The van der Waals surface area contributed by atoms with E-state index in [1.807, 2.05) is 43.4 Å². The van der Waals surface area contributed by atoms with Crippen LogP contribution < -0.4 is 15.4 Å². The molecule has 0 aliphatic carbocycles. The molecule has 0 saturated heterocycles. The van der Waals surface area contributed by atoms with E-state index in [9.17, 15) is 4.79 Å². The van der Waals surface area contributed by atoms with Gasteiger partial charge in [0.05, 0.1) is 12.7 Å². The summed E-state index contributed by atoms with van der Waals surface area (Å²) in [6.45, 7) is 0.493. The summed E-state index contributed by atoms with van der Waals surface area (Å²) >= 11 is 0. The molecule has 20 heavy (non-hydrogen) atoms. The number of benzene rings is 2. The van der Waals surface area contributed by atoms with Gasteiger partial charge in [0.15, 0.2) is 0 Å². The van der Waals surface area contributed by atoms with Crippen LogP contribution in [-0.4, -0.2) is 20.1 Å². The van der Waals surface area contributed by atoms with Gasteiger partial charge in [-0.2, -0.15) is 0 Å². The third-order valence-corrected chi connectivity index (χ3v) is 3.03. The molecule has 0 aromatic heterocycles. The SMILES string of the molecule is CNc1ccc(OC)c(C(=O)NCc2ccccc2)c1. The zero-order chi connectivity index (χ0) is 14.4. The maximum absolute atomic E-state index is 12.2. The van der Waals surface area contributed by atoms with Gasteiger partial charge < -0.3 is 15.4 Å². The van der Waals surface area contributed by atoms with Crippen LogP contribution >= 0.6 is 0 Å². The largest absolute Gasteiger partial charge is 0.496 e. The second-order valence-electron chi connectivity index (χ2n) is 4.33. The van der Waals surface area contributed by atoms with Crippen molar-refractivity contribution < 1.29 is 9.53 Å². The van der Waals surface area contributed by atoms with Crippen molar-refractivity contribution in [1.29, 1.82) is 0 Å². The lowest BCUT2D eigenvalue weighted by atomic mass is 10.1. The zero-order valence-corrected chi connectivity index (χ0v) is 11.6. The van der Waals surface area contributed by atoms with Crippen LogP contribution in [0.15, 0.2) is 48.5 Å². The minimum absolute atomic E-state index is 0.150. The lowest BCUT2D eigenvalue weighted by Crippen LogP contribution is -2.23. The molecule has 0 aliphatic rings. The van der Waals surface area contributed by atoms with E-state index in [0.717, 1.165) is 11.3 Å². The summed E-state index contributed by atoms with van der Waals surface area (Å²) in [5.74, 6) is 0.414. The molecule has 0 spiro atoms. The summed E-state index contributed by atoms with van der Waals surface area (Å²) in [7, 11) is 3.37. The van der Waals surface area contributed by atoms with Crippen molar-refractivity contribution >= 4 is 11.6 Å². The molecule has 2 aromatic rings. The number of carbonyl (C=O) groups excluding carboxylic acids is 1. The van der Waals surface area contributed by atoms with Crippen LogP contribution in [0.1, 0.15) is 15.9 Å². The second kappa shape index (κ2) is 6.61. The Morgan fingerprint density at radius 2 is 1.90 bits per heavy atom. The van der Waals surface area contributed by atoms with Crippen LogP contribution in [0.5, 0.6) is 5.75 Å². The van der Waals surface area contributed by atoms with Crippen molar-refractivity contribution in [2.24, 2.45) is 0 Å². The second-order valence-corrected chi connectivity index (χ2v) is 4.33. The standard InChI is InChI=1S/C16H18N2O2/c1-17-13-8-9-15(20-2)14(10-13)16(19)18-11-12-6-4-3-5-7-12/h3-10,17H,11H2,1-2H3,(H,18,19). The summed E-state index contributed by atoms with van der Waals surface area (Å²) in [6, 6.07) is 15.2. The van der Waals surface area contributed by atoms with Crippen molar-refractivity contribution in [2.45, 2.75) is 6.54 Å². The number of rotatable bonds is 5. The summed E-state index contributed by atoms with van der Waals surface area (Å²) in [4.78, 5) is 12.2. The molecule has 2 aromatic carbocycles. The Morgan fingerprint density at radius 3 is 2.55 bits per heavy atom. The Bertz CT molecular complexity index is 582. The molecule has 0 saturated carbocycles. The quantitative estimate of drug-likeness (QED) is 0.878. The van der Waals surface area contributed by atoms with Crippen LogP contribution in [0, 0.1) is 0 Å². The van der Waals surface area contributed by atoms with E-state index in [-0.39, 0.29) is 5.91 Å². The van der Waals surface area contributed by atoms with Gasteiger partial charge in [0, 0.05) is 19.3 Å². The number of hydrogen-bond donors (Lipinski definition) is 2. The van der Waals surface area contributed by atoms with Gasteiger partial charge in [-0.3, -0.25) is 4.79 Å². The number of methoxy groups -OCH3 is 1. The molecule has 0 radical (unpaired) electrons. The van der Waals surface area contributed by atoms with Crippen LogP contribution in [0.3, 0.4) is 0 Å². The highest BCUT2D eigenvalue weighted by molar-refractivity contribution is 5.97. The number of hydrogen-bond acceptors (Lipinski definition) is 3. The molecule has 0 atom stereocenters. The van der Waals surface area contributed by atoms with Crippen LogP contribution in [0.25, 0.3) is 0 Å². The maximum atomic E-state index is 12.2. The van der Waals surface area contributed by atoms with Crippen molar-refractivity contribution in [3.8, 4) is 5.75 Å². The number of amides is 1. The molecule has 2 rings (SSSR count). The minimum Gasteiger partial charge on any atom is -0.496 e. The maximum Gasteiger partial charge on any atom is 0.255 e. The Kier molecular flexibility index (Phi) is 4.60. The van der Waals surface area contributed by atoms with Crippen molar-refractivity contribution in [3.63, 3.8) is 0 Å². The van der Waals surface area contributed by atoms with E-state index in [1.165, 1.54) is 0 Å². The van der Waals surface area contributed by atoms with E-state index in [2.05, 4.69) is 10.6 Å². The fourth-order valence-electron chi connectivity index (χ4n) is 1.91. The Balaban J connectivity index is 2.12. The monoisotopic (exact) mass is 270 g/mol. The third kappa shape index (κ3) is 3.29. The third-order valence-electron chi connectivity index (χ3n) is 3.03. The van der Waals surface area contributed by atoms with E-state index in [1.54, 1.807) is 19.2 Å². The predicted molar refractivity (Wildman–Crippen MR) is 80.2 cm³/mol. The number of ether oxygens (including phenoxy) is 1. The van der Waals surface area contributed by atoms with Gasteiger partial charge in [0.25, 0.3) is 5.91 Å². The first-order chi connectivity index (χ1) is 9.74. The molecule has 0 fully saturated rings. The summed E-state index contributed by atoms with van der Waals surface area (Å²) in [5.41, 5.74) is 2.45. The van der Waals surface area contributed by atoms with Gasteiger partial charge in [0.2, 0.25) is 0 Å². The zero-order valence-electron chi connectivity index (χ0n) is 11.6. The first-order valence-corrected chi connectivity index (χ1v) is 6.42. The lowest BCUT2D eigenvalue weighted by molar-refractivity contribution is 0.0948. The van der Waals surface area contributed by atoms with Crippen LogP contribution in [0.2, 0.25) is 0 Å². The summed E-state index contributed by atoms with van der Waals surface area (Å²) in [5, 5.41) is 5.91. The molecule has 0 unspecified atom stereocenters. The highest BCUT2D eigenvalue weighted by Gasteiger charge is 2.12. The topological polar surface area (TPSA) is 50.4 Å².